The molecule has 0 saturated carbocycles. The second-order valence-electron chi connectivity index (χ2n) is 4.02. The van der Waals surface area contributed by atoms with Gasteiger partial charge in [0.2, 0.25) is 0 Å². The number of H-pyrrole nitrogens is 1. The summed E-state index contributed by atoms with van der Waals surface area (Å²) < 4.78 is 31.4. The summed E-state index contributed by atoms with van der Waals surface area (Å²) in [4.78, 5) is 13.3. The van der Waals surface area contributed by atoms with Gasteiger partial charge in [-0.15, -0.1) is 0 Å². The number of nitrogens with two attached hydrogens (primary N) is 1. The van der Waals surface area contributed by atoms with Crippen molar-refractivity contribution in [2.45, 2.75) is 17.2 Å². The number of thiazole rings is 1. The summed E-state index contributed by atoms with van der Waals surface area (Å²) >= 11 is 0.711. The molecule has 2 heterocycles. The molecule has 0 aromatic carbocycles. The van der Waals surface area contributed by atoms with Crippen LogP contribution in [-0.2, 0) is 14.8 Å². The number of aromatic amines is 1. The Morgan fingerprint density at radius 2 is 2.33 bits per heavy atom. The summed E-state index contributed by atoms with van der Waals surface area (Å²) in [7, 11) is -3.63. The van der Waals surface area contributed by atoms with Crippen LogP contribution in [0.25, 0.3) is 0 Å². The fourth-order valence-corrected chi connectivity index (χ4v) is 4.70. The molecule has 0 radical (unpaired) electrons. The Hall–Kier alpha value is -0.740. The number of nitrogens with one attached hydrogen (secondary N) is 1. The first-order chi connectivity index (χ1) is 8.45. The molecular weight excluding hydrogens is 278 g/mol. The van der Waals surface area contributed by atoms with E-state index in [-0.39, 0.29) is 34.8 Å². The maximum atomic E-state index is 12.4. The molecule has 102 valence electrons. The van der Waals surface area contributed by atoms with Crippen molar-refractivity contribution in [2.24, 2.45) is 5.73 Å². The minimum Gasteiger partial charge on any atom is -0.374 e. The molecule has 7 nitrogen and oxygen atoms in total. The van der Waals surface area contributed by atoms with E-state index in [9.17, 15) is 13.2 Å². The zero-order chi connectivity index (χ0) is 13.3. The van der Waals surface area contributed by atoms with Crippen LogP contribution in [0.3, 0.4) is 0 Å². The maximum absolute atomic E-state index is 12.4. The van der Waals surface area contributed by atoms with E-state index in [2.05, 4.69) is 4.98 Å². The molecule has 18 heavy (non-hydrogen) atoms. The number of rotatable bonds is 3. The summed E-state index contributed by atoms with van der Waals surface area (Å²) in [5.74, 6) is 0. The molecule has 1 aromatic heterocycles. The monoisotopic (exact) mass is 293 g/mol. The van der Waals surface area contributed by atoms with Crippen LogP contribution >= 0.6 is 11.3 Å². The van der Waals surface area contributed by atoms with Gasteiger partial charge in [0.25, 0.3) is 10.0 Å². The Balaban J connectivity index is 2.31. The molecule has 1 aromatic rings. The molecule has 0 amide bonds. The third-order valence-electron chi connectivity index (χ3n) is 2.72. The lowest BCUT2D eigenvalue weighted by atomic mass is 10.3. The zero-order valence-corrected chi connectivity index (χ0v) is 11.5. The fourth-order valence-electron chi connectivity index (χ4n) is 1.81. The van der Waals surface area contributed by atoms with E-state index in [4.69, 9.17) is 10.5 Å². The van der Waals surface area contributed by atoms with Gasteiger partial charge in [-0.05, 0) is 6.92 Å². The van der Waals surface area contributed by atoms with Crippen molar-refractivity contribution >= 4 is 21.4 Å². The maximum Gasteiger partial charge on any atom is 0.305 e. The normalized spacial score (nSPS) is 22.2. The van der Waals surface area contributed by atoms with Gasteiger partial charge in [0.1, 0.15) is 0 Å². The number of hydrogen-bond donors (Lipinski definition) is 2. The topological polar surface area (TPSA) is 105 Å². The lowest BCUT2D eigenvalue weighted by Crippen LogP contribution is -2.48. The molecule has 0 aliphatic carbocycles. The Bertz CT molecular complexity index is 577. The van der Waals surface area contributed by atoms with E-state index in [1.54, 1.807) is 6.92 Å². The average Bonchev–Trinajstić information content (AvgIpc) is 2.69. The van der Waals surface area contributed by atoms with Gasteiger partial charge in [-0.3, -0.25) is 4.79 Å². The van der Waals surface area contributed by atoms with Crippen LogP contribution < -0.4 is 10.6 Å². The SMILES string of the molecule is Cc1[nH]c(=O)sc1S(=O)(=O)N1CCOC(CN)C1. The van der Waals surface area contributed by atoms with Crippen molar-refractivity contribution in [2.75, 3.05) is 26.2 Å². The Morgan fingerprint density at radius 1 is 1.61 bits per heavy atom. The second-order valence-corrected chi connectivity index (χ2v) is 7.13. The van der Waals surface area contributed by atoms with Crippen LogP contribution in [0.15, 0.2) is 9.00 Å². The molecule has 1 aliphatic rings. The largest absolute Gasteiger partial charge is 0.374 e. The van der Waals surface area contributed by atoms with Crippen LogP contribution in [0.2, 0.25) is 0 Å². The van der Waals surface area contributed by atoms with Crippen molar-refractivity contribution < 1.29 is 13.2 Å². The Labute approximate surface area is 109 Å². The molecule has 3 N–H and O–H groups in total. The summed E-state index contributed by atoms with van der Waals surface area (Å²) in [5, 5.41) is 0. The van der Waals surface area contributed by atoms with Crippen LogP contribution in [0.5, 0.6) is 0 Å². The van der Waals surface area contributed by atoms with Crippen LogP contribution in [-0.4, -0.2) is 50.1 Å². The highest BCUT2D eigenvalue weighted by molar-refractivity contribution is 7.91. The molecule has 1 unspecified atom stereocenters. The summed E-state index contributed by atoms with van der Waals surface area (Å²) in [6, 6.07) is 0. The molecule has 1 aliphatic heterocycles. The van der Waals surface area contributed by atoms with E-state index >= 15 is 0 Å². The van der Waals surface area contributed by atoms with Crippen molar-refractivity contribution in [1.29, 1.82) is 0 Å². The number of sulfonamides is 1. The second kappa shape index (κ2) is 5.10. The predicted molar refractivity (Wildman–Crippen MR) is 67.2 cm³/mol. The third-order valence-corrected chi connectivity index (χ3v) is 6.17. The van der Waals surface area contributed by atoms with Gasteiger partial charge >= 0.3 is 4.87 Å². The Kier molecular flexibility index (Phi) is 3.87. The number of nitrogens with zero attached hydrogens (tertiary/aromatic N) is 1. The van der Waals surface area contributed by atoms with Crippen LogP contribution in [0, 0.1) is 6.92 Å². The van der Waals surface area contributed by atoms with E-state index in [1.165, 1.54) is 4.31 Å². The quantitative estimate of drug-likeness (QED) is 0.751. The summed E-state index contributed by atoms with van der Waals surface area (Å²) in [6.07, 6.45) is -0.288. The van der Waals surface area contributed by atoms with Gasteiger partial charge < -0.3 is 15.5 Å². The third kappa shape index (κ3) is 2.50. The highest BCUT2D eigenvalue weighted by Crippen LogP contribution is 2.22. The van der Waals surface area contributed by atoms with Crippen molar-refractivity contribution in [3.8, 4) is 0 Å². The number of ether oxygens (including phenoxy) is 1. The average molecular weight is 293 g/mol. The van der Waals surface area contributed by atoms with E-state index < -0.39 is 10.0 Å². The molecule has 0 bridgehead atoms. The first kappa shape index (κ1) is 13.7. The molecule has 9 heteroatoms. The highest BCUT2D eigenvalue weighted by atomic mass is 32.2. The predicted octanol–water partition coefficient (Wildman–Crippen LogP) is -0.907. The van der Waals surface area contributed by atoms with Gasteiger partial charge in [0.15, 0.2) is 4.21 Å². The smallest absolute Gasteiger partial charge is 0.305 e. The van der Waals surface area contributed by atoms with Gasteiger partial charge in [-0.2, -0.15) is 4.31 Å². The fraction of sp³-hybridized carbons (Fsp3) is 0.667. The van der Waals surface area contributed by atoms with Crippen LogP contribution in [0.1, 0.15) is 5.69 Å². The van der Waals surface area contributed by atoms with Gasteiger partial charge in [-0.1, -0.05) is 11.3 Å². The van der Waals surface area contributed by atoms with E-state index in [0.717, 1.165) is 0 Å². The highest BCUT2D eigenvalue weighted by Gasteiger charge is 2.32. The van der Waals surface area contributed by atoms with Gasteiger partial charge in [0, 0.05) is 25.3 Å². The molecule has 1 fully saturated rings. The number of aryl methyl sites for hydroxylation is 1. The van der Waals surface area contributed by atoms with E-state index in [0.29, 0.717) is 23.6 Å². The molecule has 1 atom stereocenters. The lowest BCUT2D eigenvalue weighted by molar-refractivity contribution is 0.00455. The Morgan fingerprint density at radius 3 is 2.89 bits per heavy atom. The van der Waals surface area contributed by atoms with Crippen LogP contribution in [0.4, 0.5) is 0 Å². The van der Waals surface area contributed by atoms with Gasteiger partial charge in [0.05, 0.1) is 12.7 Å². The number of hydrogen-bond acceptors (Lipinski definition) is 6. The van der Waals surface area contributed by atoms with Crippen molar-refractivity contribution in [1.82, 2.24) is 9.29 Å². The number of morpholine rings is 1. The molecule has 1 saturated heterocycles. The van der Waals surface area contributed by atoms with Crippen molar-refractivity contribution in [3.05, 3.63) is 15.4 Å². The molecular formula is C9H15N3O4S2. The summed E-state index contributed by atoms with van der Waals surface area (Å²) in [5.41, 5.74) is 5.86. The first-order valence-corrected chi connectivity index (χ1v) is 7.72. The minimum absolute atomic E-state index is 0.0742. The van der Waals surface area contributed by atoms with E-state index in [1.807, 2.05) is 0 Å². The standard InChI is InChI=1S/C9H15N3O4S2/c1-6-8(17-9(13)11-6)18(14,15)12-2-3-16-7(4-10)5-12/h7H,2-5,10H2,1H3,(H,11,13). The first-order valence-electron chi connectivity index (χ1n) is 5.46. The summed E-state index contributed by atoms with van der Waals surface area (Å²) in [6.45, 7) is 2.67. The molecule has 0 spiro atoms. The molecule has 2 rings (SSSR count). The van der Waals surface area contributed by atoms with Crippen molar-refractivity contribution in [3.63, 3.8) is 0 Å². The zero-order valence-electron chi connectivity index (χ0n) is 9.88. The lowest BCUT2D eigenvalue weighted by Gasteiger charge is -2.31. The van der Waals surface area contributed by atoms with Gasteiger partial charge in [-0.25, -0.2) is 8.42 Å². The number of aromatic nitrogens is 1. The minimum atomic E-state index is -3.63.